The van der Waals surface area contributed by atoms with Crippen molar-refractivity contribution in [2.24, 2.45) is 0 Å². The van der Waals surface area contributed by atoms with Gasteiger partial charge in [0.15, 0.2) is 5.78 Å². The largest absolute Gasteiger partial charge is 0.315 e. The summed E-state index contributed by atoms with van der Waals surface area (Å²) in [7, 11) is 0. The zero-order chi connectivity index (χ0) is 16.9. The van der Waals surface area contributed by atoms with Gasteiger partial charge in [-0.1, -0.05) is 31.5 Å². The van der Waals surface area contributed by atoms with E-state index in [1.54, 1.807) is 0 Å². The maximum atomic E-state index is 13.3. The zero-order valence-electron chi connectivity index (χ0n) is 15.5. The van der Waals surface area contributed by atoms with Crippen molar-refractivity contribution in [2.75, 3.05) is 19.6 Å². The molecule has 1 aromatic carbocycles. The molecule has 0 amide bonds. The highest BCUT2D eigenvalue weighted by Gasteiger charge is 2.40. The summed E-state index contributed by atoms with van der Waals surface area (Å²) in [4.78, 5) is 13.3. The summed E-state index contributed by atoms with van der Waals surface area (Å²) in [6, 6.07) is 6.56. The van der Waals surface area contributed by atoms with Gasteiger partial charge >= 0.3 is 0 Å². The zero-order valence-corrected chi connectivity index (χ0v) is 15.5. The van der Waals surface area contributed by atoms with Crippen LogP contribution in [0.25, 0.3) is 0 Å². The topological polar surface area (TPSA) is 17.1 Å². The summed E-state index contributed by atoms with van der Waals surface area (Å²) in [5, 5.41) is 0. The Labute approximate surface area is 142 Å². The van der Waals surface area contributed by atoms with Crippen molar-refractivity contribution in [3.63, 3.8) is 0 Å². The Morgan fingerprint density at radius 3 is 2.22 bits per heavy atom. The molecule has 0 N–H and O–H groups in total. The van der Waals surface area contributed by atoms with Crippen molar-refractivity contribution in [1.82, 2.24) is 0 Å². The molecule has 1 heterocycles. The normalized spacial score (nSPS) is 18.6. The number of likely N-dealkylation sites (N-methyl/N-ethyl adjacent to an activating group) is 1. The van der Waals surface area contributed by atoms with E-state index in [2.05, 4.69) is 45.9 Å². The van der Waals surface area contributed by atoms with Crippen LogP contribution in [0.3, 0.4) is 0 Å². The first-order chi connectivity index (χ1) is 11.0. The van der Waals surface area contributed by atoms with E-state index in [1.807, 2.05) is 0 Å². The molecular weight excluding hydrogens is 282 g/mol. The van der Waals surface area contributed by atoms with Crippen molar-refractivity contribution < 1.29 is 9.28 Å². The fourth-order valence-electron chi connectivity index (χ4n) is 4.42. The van der Waals surface area contributed by atoms with Crippen LogP contribution in [0.2, 0.25) is 0 Å². The lowest BCUT2D eigenvalue weighted by atomic mass is 9.91. The number of carbonyl (C=O) groups is 1. The smallest absolute Gasteiger partial charge is 0.194 e. The van der Waals surface area contributed by atoms with Crippen LogP contribution in [0, 0.1) is 13.8 Å². The number of quaternary nitrogens is 1. The number of hydrogen-bond donors (Lipinski definition) is 0. The second-order valence-corrected chi connectivity index (χ2v) is 7.36. The van der Waals surface area contributed by atoms with Crippen LogP contribution in [-0.2, 0) is 11.2 Å². The van der Waals surface area contributed by atoms with Crippen LogP contribution >= 0.6 is 0 Å². The molecule has 0 unspecified atom stereocenters. The first-order valence-corrected chi connectivity index (χ1v) is 9.47. The summed E-state index contributed by atoms with van der Waals surface area (Å²) in [6.07, 6.45) is 6.66. The predicted octanol–water partition coefficient (Wildman–Crippen LogP) is 4.60. The van der Waals surface area contributed by atoms with E-state index in [-0.39, 0.29) is 6.04 Å². The van der Waals surface area contributed by atoms with Gasteiger partial charge < -0.3 is 4.48 Å². The minimum Gasteiger partial charge on any atom is -0.315 e. The van der Waals surface area contributed by atoms with Crippen LogP contribution in [-0.4, -0.2) is 35.9 Å². The van der Waals surface area contributed by atoms with Crippen LogP contribution in [0.15, 0.2) is 18.2 Å². The minimum absolute atomic E-state index is 0.198. The summed E-state index contributed by atoms with van der Waals surface area (Å²) < 4.78 is 1.04. The number of Topliss-reactive ketones (excluding diaryl/α,β-unsaturated/α-hetero) is 1. The molecule has 2 heteroatoms. The third-order valence-corrected chi connectivity index (χ3v) is 5.93. The second kappa shape index (κ2) is 8.10. The number of rotatable bonds is 7. The molecule has 23 heavy (non-hydrogen) atoms. The molecule has 1 aliphatic heterocycles. The third kappa shape index (κ3) is 4.03. The average Bonchev–Trinajstić information content (AvgIpc) is 2.56. The minimum atomic E-state index is 0.198. The maximum absolute atomic E-state index is 13.3. The van der Waals surface area contributed by atoms with Crippen molar-refractivity contribution in [3.05, 3.63) is 34.9 Å². The fourth-order valence-corrected chi connectivity index (χ4v) is 4.42. The SMILES string of the molecule is CCC[C@@H](C(=O)Cc1c(C)cccc1C)[N+]1(CC)CCCCC1. The highest BCUT2D eigenvalue weighted by atomic mass is 16.1. The average molecular weight is 317 g/mol. The van der Waals surface area contributed by atoms with Crippen molar-refractivity contribution in [1.29, 1.82) is 0 Å². The number of benzene rings is 1. The van der Waals surface area contributed by atoms with Gasteiger partial charge in [0.1, 0.15) is 6.04 Å². The van der Waals surface area contributed by atoms with Gasteiger partial charge in [-0.05, 0) is 56.7 Å². The van der Waals surface area contributed by atoms with E-state index < -0.39 is 0 Å². The molecule has 128 valence electrons. The van der Waals surface area contributed by atoms with Crippen LogP contribution < -0.4 is 0 Å². The first-order valence-electron chi connectivity index (χ1n) is 9.47. The Balaban J connectivity index is 2.24. The highest BCUT2D eigenvalue weighted by Crippen LogP contribution is 2.27. The summed E-state index contributed by atoms with van der Waals surface area (Å²) in [5.41, 5.74) is 3.77. The van der Waals surface area contributed by atoms with Gasteiger partial charge in [-0.3, -0.25) is 4.79 Å². The number of carbonyl (C=O) groups excluding carboxylic acids is 1. The van der Waals surface area contributed by atoms with Gasteiger partial charge in [0.25, 0.3) is 0 Å². The number of piperidine rings is 1. The van der Waals surface area contributed by atoms with Crippen molar-refractivity contribution >= 4 is 5.78 Å². The predicted molar refractivity (Wildman–Crippen MR) is 97.7 cm³/mol. The van der Waals surface area contributed by atoms with Crippen LogP contribution in [0.1, 0.15) is 62.6 Å². The highest BCUT2D eigenvalue weighted by molar-refractivity contribution is 5.85. The van der Waals surface area contributed by atoms with Gasteiger partial charge in [-0.25, -0.2) is 0 Å². The van der Waals surface area contributed by atoms with Gasteiger partial charge in [0.05, 0.1) is 19.6 Å². The fraction of sp³-hybridized carbons (Fsp3) is 0.667. The number of hydrogen-bond acceptors (Lipinski definition) is 1. The van der Waals surface area contributed by atoms with E-state index in [0.29, 0.717) is 12.2 Å². The van der Waals surface area contributed by atoms with Crippen molar-refractivity contribution in [3.8, 4) is 0 Å². The Hall–Kier alpha value is -1.15. The first kappa shape index (κ1) is 18.2. The summed E-state index contributed by atoms with van der Waals surface area (Å²) >= 11 is 0. The quantitative estimate of drug-likeness (QED) is 0.672. The lowest BCUT2D eigenvalue weighted by Crippen LogP contribution is -2.61. The molecule has 1 aromatic rings. The van der Waals surface area contributed by atoms with E-state index in [9.17, 15) is 4.79 Å². The standard InChI is InChI=1S/C21H34NO/c1-5-11-20(22(6-2)14-8-7-9-15-22)21(23)16-19-17(3)12-10-13-18(19)4/h10,12-13,20H,5-9,11,14-16H2,1-4H3/q+1/t20-/m0/s1. The van der Waals surface area contributed by atoms with E-state index >= 15 is 0 Å². The van der Waals surface area contributed by atoms with E-state index in [1.165, 1.54) is 49.0 Å². The Bertz CT molecular complexity index is 508. The molecule has 2 rings (SSSR count). The molecule has 1 aliphatic rings. The molecule has 1 saturated heterocycles. The number of likely N-dealkylation sites (tertiary alicyclic amines) is 1. The van der Waals surface area contributed by atoms with Crippen LogP contribution in [0.5, 0.6) is 0 Å². The maximum Gasteiger partial charge on any atom is 0.194 e. The van der Waals surface area contributed by atoms with Crippen molar-refractivity contribution in [2.45, 2.75) is 72.3 Å². The second-order valence-electron chi connectivity index (χ2n) is 7.36. The molecular formula is C21H34NO+. The third-order valence-electron chi connectivity index (χ3n) is 5.93. The number of nitrogens with zero attached hydrogens (tertiary/aromatic N) is 1. The van der Waals surface area contributed by atoms with Gasteiger partial charge in [-0.2, -0.15) is 0 Å². The molecule has 0 radical (unpaired) electrons. The molecule has 1 atom stereocenters. The molecule has 2 nitrogen and oxygen atoms in total. The number of aryl methyl sites for hydroxylation is 2. The van der Waals surface area contributed by atoms with Gasteiger partial charge in [0.2, 0.25) is 0 Å². The summed E-state index contributed by atoms with van der Waals surface area (Å²) in [6.45, 7) is 12.3. The van der Waals surface area contributed by atoms with E-state index in [0.717, 1.165) is 23.9 Å². The monoisotopic (exact) mass is 316 g/mol. The number of ketones is 1. The lowest BCUT2D eigenvalue weighted by Gasteiger charge is -2.46. The molecule has 0 saturated carbocycles. The molecule has 0 aliphatic carbocycles. The van der Waals surface area contributed by atoms with E-state index in [4.69, 9.17) is 0 Å². The molecule has 0 bridgehead atoms. The summed E-state index contributed by atoms with van der Waals surface area (Å²) in [5.74, 6) is 0.466. The van der Waals surface area contributed by atoms with Crippen LogP contribution in [0.4, 0.5) is 0 Å². The lowest BCUT2D eigenvalue weighted by molar-refractivity contribution is -0.945. The van der Waals surface area contributed by atoms with Gasteiger partial charge in [-0.15, -0.1) is 0 Å². The molecule has 0 spiro atoms. The molecule has 0 aromatic heterocycles. The Morgan fingerprint density at radius 2 is 1.70 bits per heavy atom. The molecule has 1 fully saturated rings. The Morgan fingerprint density at radius 1 is 1.09 bits per heavy atom. The Kier molecular flexibility index (Phi) is 6.41. The van der Waals surface area contributed by atoms with Gasteiger partial charge in [0, 0.05) is 12.8 Å².